The summed E-state index contributed by atoms with van der Waals surface area (Å²) in [5.74, 6) is 0. The summed E-state index contributed by atoms with van der Waals surface area (Å²) in [6.45, 7) is 1.93. The van der Waals surface area contributed by atoms with Crippen LogP contribution in [0.5, 0.6) is 0 Å². The van der Waals surface area contributed by atoms with E-state index in [1.165, 1.54) is 0 Å². The van der Waals surface area contributed by atoms with Crippen LogP contribution in [0.3, 0.4) is 0 Å². The van der Waals surface area contributed by atoms with Crippen molar-refractivity contribution in [3.8, 4) is 11.3 Å². The van der Waals surface area contributed by atoms with E-state index in [0.29, 0.717) is 0 Å². The highest BCUT2D eigenvalue weighted by molar-refractivity contribution is 14.1. The number of fused-ring (bicyclic) bond motifs is 1. The van der Waals surface area contributed by atoms with E-state index in [1.54, 1.807) is 28.9 Å². The molecule has 1 N–H and O–H groups in total. The minimum Gasteiger partial charge on any atom is -0.197 e. The van der Waals surface area contributed by atoms with Crippen LogP contribution in [0.1, 0.15) is 5.56 Å². The number of nitrogens with zero attached hydrogens (tertiary/aromatic N) is 1. The van der Waals surface area contributed by atoms with Gasteiger partial charge in [-0.2, -0.15) is 8.42 Å². The topological polar surface area (TPSA) is 50.1 Å². The van der Waals surface area contributed by atoms with Crippen molar-refractivity contribution < 1.29 is 13.1 Å². The zero-order valence-corrected chi connectivity index (χ0v) is 18.1. The van der Waals surface area contributed by atoms with E-state index < -0.39 is 10.0 Å². The monoisotopic (exact) mass is 501 g/mol. The van der Waals surface area contributed by atoms with Gasteiger partial charge in [0.05, 0.1) is 14.0 Å². The molecule has 28 heavy (non-hydrogen) atoms. The van der Waals surface area contributed by atoms with Gasteiger partial charge in [-0.3, -0.25) is 0 Å². The van der Waals surface area contributed by atoms with Gasteiger partial charge in [0.2, 0.25) is 6.20 Å². The zero-order valence-electron chi connectivity index (χ0n) is 15.1. The molecule has 0 aliphatic rings. The Morgan fingerprint density at radius 3 is 2.21 bits per heavy atom. The lowest BCUT2D eigenvalue weighted by atomic mass is 10.1. The number of aromatic nitrogens is 1. The zero-order chi connectivity index (χ0) is 19.7. The maximum atomic E-state index is 13.0. The van der Waals surface area contributed by atoms with Gasteiger partial charge in [0.15, 0.2) is 0 Å². The summed E-state index contributed by atoms with van der Waals surface area (Å²) in [4.78, 5) is 2.97. The van der Waals surface area contributed by atoms with Gasteiger partial charge in [-0.1, -0.05) is 63.6 Å². The molecule has 1 heterocycles. The Bertz CT molecular complexity index is 1260. The molecule has 0 saturated heterocycles. The van der Waals surface area contributed by atoms with E-state index >= 15 is 0 Å². The van der Waals surface area contributed by atoms with Gasteiger partial charge in [0.25, 0.3) is 5.69 Å². The molecule has 3 aromatic carbocycles. The number of hydrogen-bond donors (Lipinski definition) is 1. The van der Waals surface area contributed by atoms with Crippen LogP contribution in [0.4, 0.5) is 0 Å². The van der Waals surface area contributed by atoms with Crippen molar-refractivity contribution in [1.29, 1.82) is 0 Å². The number of halogens is 1. The van der Waals surface area contributed by atoms with Crippen LogP contribution in [0.2, 0.25) is 0 Å². The Hall–Kier alpha value is -2.45. The molecular weight excluding hydrogens is 483 g/mol. The van der Waals surface area contributed by atoms with Crippen LogP contribution in [-0.4, -0.2) is 8.42 Å². The van der Waals surface area contributed by atoms with E-state index in [4.69, 9.17) is 0 Å². The fourth-order valence-corrected chi connectivity index (χ4v) is 5.15. The fourth-order valence-electron chi connectivity index (χ4n) is 3.08. The number of nitrogens with one attached hydrogen (secondary N) is 1. The molecule has 0 unspecified atom stereocenters. The second-order valence-corrected chi connectivity index (χ2v) is 9.26. The van der Waals surface area contributed by atoms with Crippen molar-refractivity contribution in [3.05, 3.63) is 94.2 Å². The minimum absolute atomic E-state index is 0.229. The smallest absolute Gasteiger partial charge is 0.197 e. The molecule has 0 bridgehead atoms. The molecule has 4 nitrogen and oxygen atoms in total. The molecule has 0 fully saturated rings. The highest BCUT2D eigenvalue weighted by atomic mass is 127. The van der Waals surface area contributed by atoms with Gasteiger partial charge in [0, 0.05) is 10.8 Å². The highest BCUT2D eigenvalue weighted by Crippen LogP contribution is 2.28. The first-order chi connectivity index (χ1) is 13.5. The summed E-state index contributed by atoms with van der Waals surface area (Å²) in [5, 5.41) is 2.03. The van der Waals surface area contributed by atoms with Crippen LogP contribution in [0, 0.1) is 10.5 Å². The fraction of sp³-hybridized carbons (Fsp3) is 0.0455. The molecule has 0 aliphatic carbocycles. The first kappa shape index (κ1) is 18.9. The molecule has 0 spiro atoms. The first-order valence-electron chi connectivity index (χ1n) is 8.73. The van der Waals surface area contributed by atoms with Gasteiger partial charge in [-0.05, 0) is 59.8 Å². The molecule has 4 aromatic rings. The Labute approximate surface area is 178 Å². The molecular formula is C22H18IN2O2S+. The molecule has 1 aromatic heterocycles. The van der Waals surface area contributed by atoms with Gasteiger partial charge in [0.1, 0.15) is 0 Å². The van der Waals surface area contributed by atoms with Gasteiger partial charge in [-0.15, -0.1) is 0 Å². The Kier molecular flexibility index (Phi) is 5.07. The second kappa shape index (κ2) is 7.52. The second-order valence-electron chi connectivity index (χ2n) is 6.52. The third kappa shape index (κ3) is 3.62. The first-order valence-corrected chi connectivity index (χ1v) is 11.3. The lowest BCUT2D eigenvalue weighted by molar-refractivity contribution is -0.624. The number of rotatable bonds is 4. The molecule has 0 amide bonds. The quantitative estimate of drug-likeness (QED) is 0.327. The van der Waals surface area contributed by atoms with Crippen molar-refractivity contribution in [2.75, 3.05) is 4.83 Å². The predicted molar refractivity (Wildman–Crippen MR) is 120 cm³/mol. The third-order valence-electron chi connectivity index (χ3n) is 4.51. The number of aryl methyl sites for hydroxylation is 1. The van der Waals surface area contributed by atoms with Crippen LogP contribution >= 0.6 is 22.6 Å². The normalized spacial score (nSPS) is 11.5. The molecule has 0 saturated carbocycles. The maximum Gasteiger partial charge on any atom is 0.306 e. The molecule has 0 aliphatic heterocycles. The van der Waals surface area contributed by atoms with E-state index in [-0.39, 0.29) is 4.90 Å². The average molecular weight is 501 g/mol. The molecule has 140 valence electrons. The minimum atomic E-state index is -3.74. The van der Waals surface area contributed by atoms with Crippen LogP contribution in [0.25, 0.3) is 22.0 Å². The standard InChI is InChI=1S/C22H18IN2O2S/c1-16-11-13-19(14-12-16)28(26,27)24-25-15-18-9-5-6-10-20(18)21(23)22(25)17-7-3-2-4-8-17/h2-15,24H,1H3/q+1. The number of benzene rings is 3. The summed E-state index contributed by atoms with van der Waals surface area (Å²) < 4.78 is 28.6. The van der Waals surface area contributed by atoms with Crippen LogP contribution < -0.4 is 9.51 Å². The van der Waals surface area contributed by atoms with E-state index in [0.717, 1.165) is 31.2 Å². The Morgan fingerprint density at radius 2 is 1.50 bits per heavy atom. The summed E-state index contributed by atoms with van der Waals surface area (Å²) in [6, 6.07) is 24.6. The van der Waals surface area contributed by atoms with Crippen molar-refractivity contribution in [2.45, 2.75) is 11.8 Å². The van der Waals surface area contributed by atoms with E-state index in [9.17, 15) is 8.42 Å². The number of sulfonamides is 1. The number of pyridine rings is 1. The molecule has 0 radical (unpaired) electrons. The predicted octanol–water partition coefficient (Wildman–Crippen LogP) is 4.64. The lowest BCUT2D eigenvalue weighted by Gasteiger charge is -2.10. The molecule has 4 rings (SSSR count). The van der Waals surface area contributed by atoms with E-state index in [1.807, 2.05) is 67.7 Å². The lowest BCUT2D eigenvalue weighted by Crippen LogP contribution is -2.50. The molecule has 0 atom stereocenters. The largest absolute Gasteiger partial charge is 0.306 e. The van der Waals surface area contributed by atoms with E-state index in [2.05, 4.69) is 27.4 Å². The average Bonchev–Trinajstić information content (AvgIpc) is 2.69. The third-order valence-corrected chi connectivity index (χ3v) is 6.93. The van der Waals surface area contributed by atoms with Crippen molar-refractivity contribution in [3.63, 3.8) is 0 Å². The van der Waals surface area contributed by atoms with Crippen LogP contribution in [-0.2, 0) is 10.0 Å². The van der Waals surface area contributed by atoms with Crippen molar-refractivity contribution in [1.82, 2.24) is 0 Å². The maximum absolute atomic E-state index is 13.0. The van der Waals surface area contributed by atoms with Crippen molar-refractivity contribution >= 4 is 43.4 Å². The Morgan fingerprint density at radius 1 is 0.857 bits per heavy atom. The van der Waals surface area contributed by atoms with Gasteiger partial charge < -0.3 is 0 Å². The van der Waals surface area contributed by atoms with Gasteiger partial charge >= 0.3 is 10.0 Å². The summed E-state index contributed by atoms with van der Waals surface area (Å²) in [5.41, 5.74) is 2.75. The van der Waals surface area contributed by atoms with Gasteiger partial charge in [-0.25, -0.2) is 0 Å². The number of hydrogen-bond acceptors (Lipinski definition) is 2. The SMILES string of the molecule is Cc1ccc(S(=O)(=O)N[n+]2cc3ccccc3c(I)c2-c2ccccc2)cc1. The summed E-state index contributed by atoms with van der Waals surface area (Å²) in [7, 11) is -3.74. The molecule has 6 heteroatoms. The summed E-state index contributed by atoms with van der Waals surface area (Å²) in [6.07, 6.45) is 1.82. The van der Waals surface area contributed by atoms with Crippen molar-refractivity contribution in [2.24, 2.45) is 0 Å². The Balaban J connectivity index is 1.91. The van der Waals surface area contributed by atoms with Crippen LogP contribution in [0.15, 0.2) is 90.0 Å². The highest BCUT2D eigenvalue weighted by Gasteiger charge is 2.26. The summed E-state index contributed by atoms with van der Waals surface area (Å²) >= 11 is 2.28.